The van der Waals surface area contributed by atoms with E-state index in [1.165, 1.54) is 6.07 Å². The third kappa shape index (κ3) is 2.81. The average molecular weight is 214 g/mol. The van der Waals surface area contributed by atoms with Gasteiger partial charge in [-0.2, -0.15) is 0 Å². The summed E-state index contributed by atoms with van der Waals surface area (Å²) in [5.74, 6) is 0. The Bertz CT molecular complexity index is 326. The monoisotopic (exact) mass is 214 g/mol. The molecule has 2 nitrogen and oxygen atoms in total. The van der Waals surface area contributed by atoms with E-state index in [0.29, 0.717) is 11.4 Å². The van der Waals surface area contributed by atoms with Crippen LogP contribution >= 0.6 is 0 Å². The minimum atomic E-state index is -2.48. The molecule has 2 N–H and O–H groups in total. The molecule has 0 unspecified atom stereocenters. The maximum absolute atomic E-state index is 12.7. The van der Waals surface area contributed by atoms with Gasteiger partial charge in [-0.1, -0.05) is 6.92 Å². The second-order valence-corrected chi connectivity index (χ2v) is 3.54. The zero-order valence-corrected chi connectivity index (χ0v) is 9.00. The number of nitrogens with two attached hydrogens (primary N) is 1. The summed E-state index contributed by atoms with van der Waals surface area (Å²) in [6.07, 6.45) is -1.56. The van der Waals surface area contributed by atoms with Crippen LogP contribution in [0.5, 0.6) is 0 Å². The van der Waals surface area contributed by atoms with Crippen LogP contribution in [0.15, 0.2) is 18.2 Å². The molecule has 0 aliphatic heterocycles. The zero-order valence-electron chi connectivity index (χ0n) is 9.00. The van der Waals surface area contributed by atoms with Crippen molar-refractivity contribution in [1.82, 2.24) is 0 Å². The molecule has 1 rings (SSSR count). The van der Waals surface area contributed by atoms with Crippen LogP contribution in [0, 0.1) is 0 Å². The normalized spacial score (nSPS) is 10.7. The van der Waals surface area contributed by atoms with Crippen molar-refractivity contribution in [2.24, 2.45) is 0 Å². The molecule has 1 aromatic carbocycles. The highest BCUT2D eigenvalue weighted by molar-refractivity contribution is 5.59. The minimum absolute atomic E-state index is 0.00551. The number of anilines is 2. The summed E-state index contributed by atoms with van der Waals surface area (Å²) in [6, 6.07) is 4.63. The van der Waals surface area contributed by atoms with Gasteiger partial charge in [-0.25, -0.2) is 8.78 Å². The van der Waals surface area contributed by atoms with E-state index >= 15 is 0 Å². The summed E-state index contributed by atoms with van der Waals surface area (Å²) < 4.78 is 25.5. The van der Waals surface area contributed by atoms with Crippen LogP contribution in [-0.4, -0.2) is 13.6 Å². The summed E-state index contributed by atoms with van der Waals surface area (Å²) in [6.45, 7) is 2.76. The fraction of sp³-hybridized carbons (Fsp3) is 0.455. The number of nitrogens with zero attached hydrogens (tertiary/aromatic N) is 1. The quantitative estimate of drug-likeness (QED) is 0.780. The predicted molar refractivity (Wildman–Crippen MR) is 59.4 cm³/mol. The molecule has 0 fully saturated rings. The lowest BCUT2D eigenvalue weighted by Crippen LogP contribution is -2.19. The summed E-state index contributed by atoms with van der Waals surface area (Å²) in [5, 5.41) is 0. The number of halogens is 2. The highest BCUT2D eigenvalue weighted by Gasteiger charge is 2.15. The third-order valence-electron chi connectivity index (χ3n) is 2.26. The van der Waals surface area contributed by atoms with E-state index in [1.807, 2.05) is 11.8 Å². The van der Waals surface area contributed by atoms with Gasteiger partial charge < -0.3 is 10.6 Å². The lowest BCUT2D eigenvalue weighted by atomic mass is 10.1. The number of rotatable bonds is 4. The van der Waals surface area contributed by atoms with Crippen LogP contribution in [0.3, 0.4) is 0 Å². The van der Waals surface area contributed by atoms with E-state index in [1.54, 1.807) is 19.2 Å². The maximum Gasteiger partial charge on any atom is 0.265 e. The smallest absolute Gasteiger partial charge is 0.265 e. The first-order chi connectivity index (χ1) is 7.06. The molecule has 4 heteroatoms. The molecule has 0 aromatic heterocycles. The van der Waals surface area contributed by atoms with Crippen molar-refractivity contribution >= 4 is 11.4 Å². The number of hydrogen-bond acceptors (Lipinski definition) is 2. The van der Waals surface area contributed by atoms with Crippen molar-refractivity contribution in [1.29, 1.82) is 0 Å². The number of hydrogen-bond donors (Lipinski definition) is 1. The van der Waals surface area contributed by atoms with Gasteiger partial charge in [-0.15, -0.1) is 0 Å². The van der Waals surface area contributed by atoms with Crippen molar-refractivity contribution < 1.29 is 8.78 Å². The van der Waals surface area contributed by atoms with Gasteiger partial charge in [-0.05, 0) is 24.6 Å². The van der Waals surface area contributed by atoms with E-state index in [0.717, 1.165) is 13.0 Å². The lowest BCUT2D eigenvalue weighted by Gasteiger charge is -2.21. The topological polar surface area (TPSA) is 29.3 Å². The van der Waals surface area contributed by atoms with Gasteiger partial charge in [-0.3, -0.25) is 0 Å². The Morgan fingerprint density at radius 1 is 1.40 bits per heavy atom. The summed E-state index contributed by atoms with van der Waals surface area (Å²) >= 11 is 0. The fourth-order valence-corrected chi connectivity index (χ4v) is 1.55. The molecule has 0 saturated carbocycles. The van der Waals surface area contributed by atoms with Crippen molar-refractivity contribution in [3.05, 3.63) is 23.8 Å². The van der Waals surface area contributed by atoms with Crippen LogP contribution in [0.1, 0.15) is 25.3 Å². The number of benzene rings is 1. The third-order valence-corrected chi connectivity index (χ3v) is 2.26. The molecular weight excluding hydrogens is 198 g/mol. The molecule has 0 radical (unpaired) electrons. The van der Waals surface area contributed by atoms with Crippen LogP contribution in [-0.2, 0) is 0 Å². The van der Waals surface area contributed by atoms with E-state index < -0.39 is 6.43 Å². The molecule has 0 heterocycles. The Kier molecular flexibility index (Phi) is 3.88. The van der Waals surface area contributed by atoms with Crippen molar-refractivity contribution in [3.63, 3.8) is 0 Å². The summed E-state index contributed by atoms with van der Waals surface area (Å²) in [7, 11) is 1.81. The van der Waals surface area contributed by atoms with Gasteiger partial charge in [0.05, 0.1) is 0 Å². The Labute approximate surface area is 88.7 Å². The summed E-state index contributed by atoms with van der Waals surface area (Å²) in [5.41, 5.74) is 6.42. The Morgan fingerprint density at radius 2 is 2.07 bits per heavy atom. The summed E-state index contributed by atoms with van der Waals surface area (Å²) in [4.78, 5) is 1.82. The second kappa shape index (κ2) is 4.96. The molecule has 0 saturated heterocycles. The average Bonchev–Trinajstić information content (AvgIpc) is 2.17. The second-order valence-electron chi connectivity index (χ2n) is 3.54. The van der Waals surface area contributed by atoms with Crippen LogP contribution in [0.2, 0.25) is 0 Å². The van der Waals surface area contributed by atoms with Crippen LogP contribution in [0.25, 0.3) is 0 Å². The Balaban J connectivity index is 3.05. The lowest BCUT2D eigenvalue weighted by molar-refractivity contribution is 0.152. The van der Waals surface area contributed by atoms with Gasteiger partial charge in [0, 0.05) is 30.5 Å². The molecule has 84 valence electrons. The van der Waals surface area contributed by atoms with Gasteiger partial charge in [0.1, 0.15) is 0 Å². The highest BCUT2D eigenvalue weighted by Crippen LogP contribution is 2.31. The molecule has 0 bridgehead atoms. The number of alkyl halides is 2. The maximum atomic E-state index is 12.7. The van der Waals surface area contributed by atoms with Crippen LogP contribution in [0.4, 0.5) is 20.2 Å². The van der Waals surface area contributed by atoms with E-state index in [-0.39, 0.29) is 5.56 Å². The molecule has 0 aliphatic rings. The van der Waals surface area contributed by atoms with Gasteiger partial charge in [0.25, 0.3) is 6.43 Å². The van der Waals surface area contributed by atoms with Gasteiger partial charge in [0.15, 0.2) is 0 Å². The van der Waals surface area contributed by atoms with Gasteiger partial charge >= 0.3 is 0 Å². The molecule has 0 spiro atoms. The Hall–Kier alpha value is -1.32. The van der Waals surface area contributed by atoms with E-state index in [2.05, 4.69) is 0 Å². The molecule has 0 amide bonds. The van der Waals surface area contributed by atoms with E-state index in [4.69, 9.17) is 5.73 Å². The fourth-order valence-electron chi connectivity index (χ4n) is 1.55. The first-order valence-corrected chi connectivity index (χ1v) is 4.95. The largest absolute Gasteiger partial charge is 0.399 e. The molecule has 0 atom stereocenters. The molecule has 15 heavy (non-hydrogen) atoms. The van der Waals surface area contributed by atoms with Gasteiger partial charge in [0.2, 0.25) is 0 Å². The first kappa shape index (κ1) is 11.8. The molecule has 0 aliphatic carbocycles. The van der Waals surface area contributed by atoms with Crippen molar-refractivity contribution in [2.45, 2.75) is 19.8 Å². The molecular formula is C11H16F2N2. The van der Waals surface area contributed by atoms with Crippen LogP contribution < -0.4 is 10.6 Å². The van der Waals surface area contributed by atoms with Crippen molar-refractivity contribution in [2.75, 3.05) is 24.2 Å². The highest BCUT2D eigenvalue weighted by atomic mass is 19.3. The number of nitrogen functional groups attached to an aromatic ring is 1. The molecule has 1 aromatic rings. The SMILES string of the molecule is CCCN(C)c1ccc(N)cc1C(F)F. The standard InChI is InChI=1S/C11H16F2N2/c1-3-6-15(2)10-5-4-8(14)7-9(10)11(12)13/h4-5,7,11H,3,6,14H2,1-2H3. The predicted octanol–water partition coefficient (Wildman–Crippen LogP) is 3.05. The van der Waals surface area contributed by atoms with Crippen molar-refractivity contribution in [3.8, 4) is 0 Å². The minimum Gasteiger partial charge on any atom is -0.399 e. The first-order valence-electron chi connectivity index (χ1n) is 4.95. The van der Waals surface area contributed by atoms with E-state index in [9.17, 15) is 8.78 Å². The Morgan fingerprint density at radius 3 is 2.60 bits per heavy atom. The zero-order chi connectivity index (χ0) is 11.4.